The molecule has 0 bridgehead atoms. The SMILES string of the molecule is CC[CH2][Sn]([c]1ccccc1)([c]1ccccc1)[c]1ccccc1.CC[CH2][Sn]([c]1ccccc1)([c]1ccccc1)[c]1ccccc1. The van der Waals surface area contributed by atoms with Gasteiger partial charge in [-0.05, 0) is 0 Å². The molecule has 0 spiro atoms. The predicted octanol–water partition coefficient (Wildman–Crippen LogP) is 7.13. The Morgan fingerprint density at radius 3 is 0.568 bits per heavy atom. The van der Waals surface area contributed by atoms with Gasteiger partial charge in [0, 0.05) is 0 Å². The van der Waals surface area contributed by atoms with Crippen LogP contribution in [-0.2, 0) is 0 Å². The molecule has 0 saturated heterocycles. The monoisotopic (exact) mass is 788 g/mol. The molecule has 220 valence electrons. The van der Waals surface area contributed by atoms with Gasteiger partial charge in [0.25, 0.3) is 0 Å². The van der Waals surface area contributed by atoms with Crippen LogP contribution in [0.25, 0.3) is 0 Å². The molecule has 6 rings (SSSR count). The minimum atomic E-state index is -2.87. The number of benzene rings is 6. The zero-order valence-electron chi connectivity index (χ0n) is 26.1. The molecule has 0 heterocycles. The second-order valence-electron chi connectivity index (χ2n) is 11.5. The van der Waals surface area contributed by atoms with Gasteiger partial charge in [0.1, 0.15) is 0 Å². The Bertz CT molecular complexity index is 1310. The number of hydrogen-bond acceptors (Lipinski definition) is 0. The van der Waals surface area contributed by atoms with Crippen LogP contribution in [0.3, 0.4) is 0 Å². The van der Waals surface area contributed by atoms with E-state index < -0.39 is 36.8 Å². The van der Waals surface area contributed by atoms with Gasteiger partial charge in [-0.15, -0.1) is 0 Å². The summed E-state index contributed by atoms with van der Waals surface area (Å²) in [5.74, 6) is 0. The molecule has 0 aromatic heterocycles. The van der Waals surface area contributed by atoms with Gasteiger partial charge in [-0.2, -0.15) is 0 Å². The van der Waals surface area contributed by atoms with Crippen LogP contribution in [0.4, 0.5) is 0 Å². The van der Waals surface area contributed by atoms with Crippen molar-refractivity contribution in [1.82, 2.24) is 0 Å². The van der Waals surface area contributed by atoms with Crippen LogP contribution in [0.5, 0.6) is 0 Å². The molecular formula is C42H44Sn2. The van der Waals surface area contributed by atoms with Crippen LogP contribution in [0.1, 0.15) is 26.7 Å². The normalized spacial score (nSPS) is 11.3. The van der Waals surface area contributed by atoms with Crippen LogP contribution < -0.4 is 21.5 Å². The van der Waals surface area contributed by atoms with Gasteiger partial charge in [0.2, 0.25) is 0 Å². The Morgan fingerprint density at radius 2 is 0.432 bits per heavy atom. The molecule has 0 nitrogen and oxygen atoms in total. The molecule has 2 heteroatoms. The van der Waals surface area contributed by atoms with E-state index in [0.717, 1.165) is 0 Å². The third-order valence-corrected chi connectivity index (χ3v) is 38.6. The minimum absolute atomic E-state index is 1.23. The van der Waals surface area contributed by atoms with Gasteiger partial charge < -0.3 is 0 Å². The van der Waals surface area contributed by atoms with Crippen LogP contribution >= 0.6 is 0 Å². The summed E-state index contributed by atoms with van der Waals surface area (Å²) < 4.78 is 12.1. The molecule has 0 N–H and O–H groups in total. The number of hydrogen-bond donors (Lipinski definition) is 0. The van der Waals surface area contributed by atoms with Crippen LogP contribution in [0.2, 0.25) is 8.87 Å². The number of rotatable bonds is 10. The molecule has 0 aliphatic rings. The molecule has 0 aliphatic heterocycles. The first-order valence-corrected chi connectivity index (χ1v) is 28.7. The molecule has 0 atom stereocenters. The van der Waals surface area contributed by atoms with Crippen molar-refractivity contribution in [3.8, 4) is 0 Å². The zero-order valence-corrected chi connectivity index (χ0v) is 31.9. The topological polar surface area (TPSA) is 0 Å². The van der Waals surface area contributed by atoms with E-state index in [1.165, 1.54) is 21.7 Å². The van der Waals surface area contributed by atoms with Gasteiger partial charge >= 0.3 is 276 Å². The molecular weight excluding hydrogens is 742 g/mol. The van der Waals surface area contributed by atoms with E-state index in [4.69, 9.17) is 0 Å². The Morgan fingerprint density at radius 1 is 0.273 bits per heavy atom. The molecule has 6 aromatic rings. The molecule has 6 aromatic carbocycles. The summed E-state index contributed by atoms with van der Waals surface area (Å²) in [6.45, 7) is 4.64. The second kappa shape index (κ2) is 16.3. The van der Waals surface area contributed by atoms with Crippen molar-refractivity contribution in [3.63, 3.8) is 0 Å². The molecule has 0 radical (unpaired) electrons. The summed E-state index contributed by atoms with van der Waals surface area (Å²) in [5, 5.41) is 0. The Kier molecular flexibility index (Phi) is 12.0. The fourth-order valence-electron chi connectivity index (χ4n) is 6.95. The first-order chi connectivity index (χ1) is 21.8. The van der Waals surface area contributed by atoms with Gasteiger partial charge in [-0.25, -0.2) is 0 Å². The zero-order chi connectivity index (χ0) is 30.5. The van der Waals surface area contributed by atoms with Crippen molar-refractivity contribution in [3.05, 3.63) is 182 Å². The van der Waals surface area contributed by atoms with E-state index >= 15 is 0 Å². The van der Waals surface area contributed by atoms with Gasteiger partial charge in [0.05, 0.1) is 0 Å². The third-order valence-electron chi connectivity index (χ3n) is 8.85. The van der Waals surface area contributed by atoms with E-state index in [1.807, 2.05) is 0 Å². The van der Waals surface area contributed by atoms with Crippen molar-refractivity contribution in [1.29, 1.82) is 0 Å². The van der Waals surface area contributed by atoms with E-state index in [1.54, 1.807) is 21.5 Å². The first-order valence-electron chi connectivity index (χ1n) is 16.1. The standard InChI is InChI=1S/6C6H5.2C3H7.2Sn/c6*1-2-4-6-5-3-1;2*1-3-2;;/h6*1-5H;2*1,3H2,2H3;;. The fourth-order valence-corrected chi connectivity index (χ4v) is 34.9. The summed E-state index contributed by atoms with van der Waals surface area (Å²) >= 11 is -5.75. The van der Waals surface area contributed by atoms with E-state index in [9.17, 15) is 0 Å². The molecule has 0 aliphatic carbocycles. The van der Waals surface area contributed by atoms with Gasteiger partial charge in [-0.1, -0.05) is 0 Å². The molecule has 0 amide bonds. The van der Waals surface area contributed by atoms with Crippen molar-refractivity contribution < 1.29 is 0 Å². The molecule has 0 saturated carbocycles. The van der Waals surface area contributed by atoms with Crippen molar-refractivity contribution in [2.24, 2.45) is 0 Å². The molecule has 44 heavy (non-hydrogen) atoms. The molecule has 0 fully saturated rings. The van der Waals surface area contributed by atoms with Crippen LogP contribution in [0, 0.1) is 0 Å². The average Bonchev–Trinajstić information content (AvgIpc) is 3.12. The van der Waals surface area contributed by atoms with Crippen molar-refractivity contribution in [2.45, 2.75) is 35.6 Å². The maximum absolute atomic E-state index is 2.87. The quantitative estimate of drug-likeness (QED) is 0.130. The van der Waals surface area contributed by atoms with Crippen molar-refractivity contribution in [2.75, 3.05) is 0 Å². The fraction of sp³-hybridized carbons (Fsp3) is 0.143. The Labute approximate surface area is 273 Å². The second-order valence-corrected chi connectivity index (χ2v) is 34.6. The summed E-state index contributed by atoms with van der Waals surface area (Å²) in [7, 11) is 0. The Hall–Kier alpha value is -3.08. The van der Waals surface area contributed by atoms with Crippen LogP contribution in [-0.4, -0.2) is 36.8 Å². The first kappa shape index (κ1) is 32.3. The molecule has 0 unspecified atom stereocenters. The van der Waals surface area contributed by atoms with E-state index in [2.05, 4.69) is 196 Å². The average molecular weight is 786 g/mol. The maximum atomic E-state index is 2.35. The third kappa shape index (κ3) is 7.08. The van der Waals surface area contributed by atoms with Crippen LogP contribution in [0.15, 0.2) is 182 Å². The van der Waals surface area contributed by atoms with E-state index in [-0.39, 0.29) is 0 Å². The van der Waals surface area contributed by atoms with E-state index in [0.29, 0.717) is 0 Å². The summed E-state index contributed by atoms with van der Waals surface area (Å²) in [6.07, 6.45) is 2.46. The summed E-state index contributed by atoms with van der Waals surface area (Å²) in [4.78, 5) is 0. The summed E-state index contributed by atoms with van der Waals surface area (Å²) in [6, 6.07) is 67.4. The summed E-state index contributed by atoms with van der Waals surface area (Å²) in [5.41, 5.74) is 0. The van der Waals surface area contributed by atoms with Gasteiger partial charge in [0.15, 0.2) is 0 Å². The predicted molar refractivity (Wildman–Crippen MR) is 198 cm³/mol. The Balaban J connectivity index is 0.000000175. The van der Waals surface area contributed by atoms with Gasteiger partial charge in [-0.3, -0.25) is 0 Å². The van der Waals surface area contributed by atoms with Crippen molar-refractivity contribution >= 4 is 58.2 Å².